The van der Waals surface area contributed by atoms with E-state index in [1.807, 2.05) is 18.4 Å². The van der Waals surface area contributed by atoms with Gasteiger partial charge in [0.25, 0.3) is 6.17 Å². The summed E-state index contributed by atoms with van der Waals surface area (Å²) in [7, 11) is 1.32. The van der Waals surface area contributed by atoms with Crippen molar-refractivity contribution in [1.82, 2.24) is 10.1 Å². The molecule has 0 bridgehead atoms. The largest absolute Gasteiger partial charge is 0.465 e. The lowest BCUT2D eigenvalue weighted by Crippen LogP contribution is -2.60. The summed E-state index contributed by atoms with van der Waals surface area (Å²) >= 11 is 1.30. The van der Waals surface area contributed by atoms with Gasteiger partial charge < -0.3 is 4.74 Å². The van der Waals surface area contributed by atoms with E-state index in [9.17, 15) is 14.4 Å². The fourth-order valence-electron chi connectivity index (χ4n) is 3.61. The van der Waals surface area contributed by atoms with Gasteiger partial charge in [0, 0.05) is 17.6 Å². The van der Waals surface area contributed by atoms with Crippen LogP contribution in [0.5, 0.6) is 0 Å². The molecule has 3 aromatic rings. The number of benzene rings is 2. The molecule has 4 rings (SSSR count). The molecule has 1 amide bonds. The Labute approximate surface area is 176 Å². The fraction of sp³-hybridized carbons (Fsp3) is 0.190. The molecule has 9 heteroatoms. The number of nitrogens with one attached hydrogen (secondary N) is 1. The van der Waals surface area contributed by atoms with E-state index in [-0.39, 0.29) is 11.5 Å². The van der Waals surface area contributed by atoms with Gasteiger partial charge in [-0.1, -0.05) is 23.9 Å². The molecule has 1 aliphatic heterocycles. The summed E-state index contributed by atoms with van der Waals surface area (Å²) in [4.78, 5) is 41.9. The Bertz CT molecular complexity index is 1210. The zero-order chi connectivity index (χ0) is 21.4. The average molecular weight is 423 g/mol. The second-order valence-electron chi connectivity index (χ2n) is 6.65. The third-order valence-electron chi connectivity index (χ3n) is 4.92. The first-order valence-corrected chi connectivity index (χ1v) is 10.4. The van der Waals surface area contributed by atoms with E-state index in [0.29, 0.717) is 33.2 Å². The summed E-state index contributed by atoms with van der Waals surface area (Å²) in [6.45, 7) is 1.47. The monoisotopic (exact) mass is 423 g/mol. The predicted molar refractivity (Wildman–Crippen MR) is 111 cm³/mol. The van der Waals surface area contributed by atoms with Crippen molar-refractivity contribution in [2.24, 2.45) is 0 Å². The number of hydrogen-bond donors (Lipinski definition) is 1. The number of fused-ring (bicyclic) bond motifs is 3. The number of carbonyl (C=O) groups is 2. The van der Waals surface area contributed by atoms with Gasteiger partial charge in [-0.25, -0.2) is 9.69 Å². The highest BCUT2D eigenvalue weighted by Gasteiger charge is 2.44. The molecule has 0 saturated heterocycles. The molecule has 1 aromatic heterocycles. The molecule has 0 radical (unpaired) electrons. The molecule has 8 nitrogen and oxygen atoms in total. The van der Waals surface area contributed by atoms with Crippen LogP contribution in [0.25, 0.3) is 11.3 Å². The smallest absolute Gasteiger partial charge is 0.337 e. The Kier molecular flexibility index (Phi) is 5.13. The fourth-order valence-corrected chi connectivity index (χ4v) is 3.98. The van der Waals surface area contributed by atoms with E-state index < -0.39 is 12.1 Å². The maximum atomic E-state index is 12.9. The third-order valence-corrected chi connectivity index (χ3v) is 5.49. The average Bonchev–Trinajstić information content (AvgIpc) is 2.77. The molecule has 2 aromatic carbocycles. The molecule has 1 aliphatic rings. The molecule has 30 heavy (non-hydrogen) atoms. The summed E-state index contributed by atoms with van der Waals surface area (Å²) in [5.74, 6) is -0.651. The SMILES string of the molecule is COC(=O)c1ccc([C@@H]2N(C(C)=O)c3ccccc3-c3c(=O)[nH]c(SC)n[n+]32)cc1. The molecule has 0 unspecified atom stereocenters. The number of methoxy groups -OCH3 is 1. The maximum Gasteiger partial charge on any atom is 0.337 e. The van der Waals surface area contributed by atoms with Gasteiger partial charge in [-0.2, -0.15) is 0 Å². The van der Waals surface area contributed by atoms with Gasteiger partial charge in [-0.3, -0.25) is 14.6 Å². The van der Waals surface area contributed by atoms with Gasteiger partial charge in [0.1, 0.15) is 0 Å². The van der Waals surface area contributed by atoms with Crippen LogP contribution in [0.2, 0.25) is 0 Å². The molecule has 1 N–H and O–H groups in total. The maximum absolute atomic E-state index is 12.9. The Hall–Kier alpha value is -3.46. The molecular formula is C21H19N4O4S+. The first-order valence-electron chi connectivity index (χ1n) is 9.14. The van der Waals surface area contributed by atoms with Crippen molar-refractivity contribution in [2.75, 3.05) is 18.3 Å². The van der Waals surface area contributed by atoms with Crippen LogP contribution >= 0.6 is 11.8 Å². The standard InChI is InChI=1S/C21H18N4O4S/c1-12(26)24-16-7-5-4-6-15(16)17-18(27)22-21(30-3)23-25(17)19(24)13-8-10-14(11-9-13)20(28)29-2/h4-11,19H,1-3H3/p+1/t19-/m1/s1. The highest BCUT2D eigenvalue weighted by molar-refractivity contribution is 7.98. The number of aromatic amines is 1. The number of hydrogen-bond acceptors (Lipinski definition) is 6. The molecule has 0 spiro atoms. The van der Waals surface area contributed by atoms with Gasteiger partial charge in [0.15, 0.2) is 0 Å². The van der Waals surface area contributed by atoms with Crippen molar-refractivity contribution >= 4 is 29.3 Å². The summed E-state index contributed by atoms with van der Waals surface area (Å²) in [6.07, 6.45) is 1.12. The summed E-state index contributed by atoms with van der Waals surface area (Å²) < 4.78 is 6.33. The number of rotatable bonds is 3. The van der Waals surface area contributed by atoms with Crippen molar-refractivity contribution in [3.05, 3.63) is 70.0 Å². The topological polar surface area (TPSA) is 96.2 Å². The van der Waals surface area contributed by atoms with Crippen molar-refractivity contribution in [1.29, 1.82) is 0 Å². The molecule has 2 heterocycles. The van der Waals surface area contributed by atoms with E-state index in [2.05, 4.69) is 10.1 Å². The number of amides is 1. The normalized spacial score (nSPS) is 14.6. The van der Waals surface area contributed by atoms with E-state index in [1.165, 1.54) is 25.8 Å². The number of H-pyrrole nitrogens is 1. The minimum atomic E-state index is -0.688. The second kappa shape index (κ2) is 7.75. The first-order chi connectivity index (χ1) is 14.5. The number of nitrogens with zero attached hydrogens (tertiary/aromatic N) is 3. The first kappa shape index (κ1) is 19.8. The second-order valence-corrected chi connectivity index (χ2v) is 7.44. The van der Waals surface area contributed by atoms with Gasteiger partial charge in [0.05, 0.1) is 23.9 Å². The number of thioether (sulfide) groups is 1. The number of anilines is 1. The number of aromatic nitrogens is 3. The highest BCUT2D eigenvalue weighted by atomic mass is 32.2. The van der Waals surface area contributed by atoms with Gasteiger partial charge in [0.2, 0.25) is 11.1 Å². The minimum Gasteiger partial charge on any atom is -0.465 e. The van der Waals surface area contributed by atoms with Crippen LogP contribution in [0.3, 0.4) is 0 Å². The zero-order valence-electron chi connectivity index (χ0n) is 16.6. The van der Waals surface area contributed by atoms with Crippen LogP contribution in [0, 0.1) is 0 Å². The lowest BCUT2D eigenvalue weighted by Gasteiger charge is -2.31. The van der Waals surface area contributed by atoms with Crippen molar-refractivity contribution < 1.29 is 19.0 Å². The van der Waals surface area contributed by atoms with Crippen LogP contribution in [-0.2, 0) is 9.53 Å². The van der Waals surface area contributed by atoms with E-state index in [1.54, 1.807) is 46.0 Å². The number of para-hydroxylation sites is 1. The molecule has 0 saturated carbocycles. The highest BCUT2D eigenvalue weighted by Crippen LogP contribution is 2.37. The van der Waals surface area contributed by atoms with Crippen molar-refractivity contribution in [3.63, 3.8) is 0 Å². The Morgan fingerprint density at radius 1 is 1.17 bits per heavy atom. The molecular weight excluding hydrogens is 404 g/mol. The van der Waals surface area contributed by atoms with E-state index >= 15 is 0 Å². The van der Waals surface area contributed by atoms with Crippen LogP contribution < -0.4 is 15.1 Å². The minimum absolute atomic E-state index is 0.199. The molecule has 0 aliphatic carbocycles. The van der Waals surface area contributed by atoms with E-state index in [0.717, 1.165) is 0 Å². The number of ether oxygens (including phenoxy) is 1. The van der Waals surface area contributed by atoms with Gasteiger partial charge in [-0.15, -0.1) is 0 Å². The Morgan fingerprint density at radius 3 is 2.50 bits per heavy atom. The van der Waals surface area contributed by atoms with E-state index in [4.69, 9.17) is 4.74 Å². The zero-order valence-corrected chi connectivity index (χ0v) is 17.4. The summed E-state index contributed by atoms with van der Waals surface area (Å²) in [6, 6.07) is 14.0. The molecule has 0 fully saturated rings. The molecule has 152 valence electrons. The van der Waals surface area contributed by atoms with Crippen LogP contribution in [0.4, 0.5) is 5.69 Å². The summed E-state index contributed by atoms with van der Waals surface area (Å²) in [5.41, 5.74) is 2.40. The quantitative estimate of drug-likeness (QED) is 0.394. The lowest BCUT2D eigenvalue weighted by molar-refractivity contribution is -0.763. The van der Waals surface area contributed by atoms with Gasteiger partial charge in [-0.05, 0) is 47.3 Å². The van der Waals surface area contributed by atoms with Gasteiger partial charge >= 0.3 is 17.2 Å². The molecule has 1 atom stereocenters. The Morgan fingerprint density at radius 2 is 1.87 bits per heavy atom. The Balaban J connectivity index is 1.99. The van der Waals surface area contributed by atoms with Crippen LogP contribution in [-0.4, -0.2) is 35.3 Å². The van der Waals surface area contributed by atoms with Crippen LogP contribution in [0.1, 0.15) is 29.0 Å². The van der Waals surface area contributed by atoms with Crippen molar-refractivity contribution in [3.8, 4) is 11.3 Å². The summed E-state index contributed by atoms with van der Waals surface area (Å²) in [5, 5.41) is 5.03. The number of carbonyl (C=O) groups excluding carboxylic acids is 2. The van der Waals surface area contributed by atoms with Crippen LogP contribution in [0.15, 0.2) is 58.5 Å². The number of esters is 1. The predicted octanol–water partition coefficient (Wildman–Crippen LogP) is 2.15. The van der Waals surface area contributed by atoms with Crippen molar-refractivity contribution in [2.45, 2.75) is 18.2 Å². The third kappa shape index (κ3) is 3.17. The lowest BCUT2D eigenvalue weighted by atomic mass is 10.0.